The lowest BCUT2D eigenvalue weighted by atomic mass is 10.0. The summed E-state index contributed by atoms with van der Waals surface area (Å²) < 4.78 is 11.2. The Bertz CT molecular complexity index is 1410. The second-order valence-electron chi connectivity index (χ2n) is 8.89. The summed E-state index contributed by atoms with van der Waals surface area (Å²) in [6.07, 6.45) is 1.63. The first-order valence-electron chi connectivity index (χ1n) is 11.9. The van der Waals surface area contributed by atoms with Crippen LogP contribution >= 0.6 is 23.4 Å². The number of halogens is 1. The molecule has 0 bridgehead atoms. The predicted octanol–water partition coefficient (Wildman–Crippen LogP) is 6.73. The van der Waals surface area contributed by atoms with E-state index in [1.165, 1.54) is 12.0 Å². The summed E-state index contributed by atoms with van der Waals surface area (Å²) in [6, 6.07) is 19.8. The van der Waals surface area contributed by atoms with Crippen molar-refractivity contribution in [2.24, 2.45) is 0 Å². The molecule has 0 spiro atoms. The molecule has 0 aromatic heterocycles. The van der Waals surface area contributed by atoms with Gasteiger partial charge in [0.05, 0.1) is 18.6 Å². The van der Waals surface area contributed by atoms with Gasteiger partial charge in [-0.2, -0.15) is 0 Å². The van der Waals surface area contributed by atoms with Crippen molar-refractivity contribution >= 4 is 52.2 Å². The molecule has 1 aliphatic rings. The zero-order valence-electron chi connectivity index (χ0n) is 21.2. The Morgan fingerprint density at radius 2 is 1.84 bits per heavy atom. The highest BCUT2D eigenvalue weighted by atomic mass is 35.5. The quantitative estimate of drug-likeness (QED) is 0.297. The van der Waals surface area contributed by atoms with Gasteiger partial charge in [0.1, 0.15) is 0 Å². The third kappa shape index (κ3) is 6.57. The number of methoxy groups -OCH3 is 1. The first-order valence-corrected chi connectivity index (χ1v) is 13.1. The maximum atomic E-state index is 12.9. The van der Waals surface area contributed by atoms with Crippen LogP contribution in [-0.2, 0) is 16.1 Å². The van der Waals surface area contributed by atoms with Gasteiger partial charge in [-0.25, -0.2) is 0 Å². The van der Waals surface area contributed by atoms with Gasteiger partial charge in [-0.15, -0.1) is 0 Å². The smallest absolute Gasteiger partial charge is 0.293 e. The van der Waals surface area contributed by atoms with Gasteiger partial charge in [0.15, 0.2) is 18.1 Å². The van der Waals surface area contributed by atoms with E-state index >= 15 is 0 Å². The Hall–Kier alpha value is -3.75. The molecule has 1 aliphatic heterocycles. The molecule has 9 heteroatoms. The number of nitrogens with one attached hydrogen (secondary N) is 1. The normalized spacial score (nSPS) is 14.3. The second-order valence-corrected chi connectivity index (χ2v) is 10.3. The number of nitrogens with zero attached hydrogens (tertiary/aromatic N) is 1. The van der Waals surface area contributed by atoms with E-state index < -0.39 is 0 Å². The molecule has 196 valence electrons. The lowest BCUT2D eigenvalue weighted by Gasteiger charge is -2.15. The minimum absolute atomic E-state index is 0.141. The van der Waals surface area contributed by atoms with Gasteiger partial charge < -0.3 is 14.8 Å². The molecule has 3 aromatic carbocycles. The Morgan fingerprint density at radius 3 is 2.58 bits per heavy atom. The van der Waals surface area contributed by atoms with Crippen LogP contribution in [0.1, 0.15) is 36.5 Å². The van der Waals surface area contributed by atoms with Crippen LogP contribution in [0, 0.1) is 0 Å². The summed E-state index contributed by atoms with van der Waals surface area (Å²) >= 11 is 6.90. The first kappa shape index (κ1) is 27.3. The molecule has 0 radical (unpaired) electrons. The van der Waals surface area contributed by atoms with Crippen LogP contribution in [0.3, 0.4) is 0 Å². The minimum atomic E-state index is -0.377. The topological polar surface area (TPSA) is 84.9 Å². The van der Waals surface area contributed by atoms with E-state index in [0.29, 0.717) is 27.0 Å². The fourth-order valence-electron chi connectivity index (χ4n) is 3.94. The number of thioether (sulfide) groups is 1. The van der Waals surface area contributed by atoms with Crippen molar-refractivity contribution in [1.29, 1.82) is 0 Å². The van der Waals surface area contributed by atoms with E-state index in [2.05, 4.69) is 19.2 Å². The summed E-state index contributed by atoms with van der Waals surface area (Å²) in [5, 5.41) is 3.08. The third-order valence-electron chi connectivity index (χ3n) is 5.80. The minimum Gasteiger partial charge on any atom is -0.493 e. The van der Waals surface area contributed by atoms with Crippen LogP contribution in [-0.4, -0.2) is 35.7 Å². The number of carbonyl (C=O) groups excluding carboxylic acids is 3. The third-order valence-corrected chi connectivity index (χ3v) is 6.95. The monoisotopic (exact) mass is 550 g/mol. The fraction of sp³-hybridized carbons (Fsp3) is 0.207. The van der Waals surface area contributed by atoms with Crippen LogP contribution in [0.2, 0.25) is 5.02 Å². The first-order chi connectivity index (χ1) is 18.2. The molecule has 1 fully saturated rings. The Labute approximate surface area is 230 Å². The Balaban J connectivity index is 1.42. The number of hydrogen-bond donors (Lipinski definition) is 1. The molecule has 0 saturated carbocycles. The van der Waals surface area contributed by atoms with Gasteiger partial charge in [-0.1, -0.05) is 61.8 Å². The van der Waals surface area contributed by atoms with Crippen molar-refractivity contribution < 1.29 is 23.9 Å². The lowest BCUT2D eigenvalue weighted by Crippen LogP contribution is -2.27. The van der Waals surface area contributed by atoms with Crippen LogP contribution in [0.5, 0.6) is 11.5 Å². The van der Waals surface area contributed by atoms with Crippen molar-refractivity contribution in [2.75, 3.05) is 19.0 Å². The number of carbonyl (C=O) groups is 3. The van der Waals surface area contributed by atoms with Crippen LogP contribution < -0.4 is 14.8 Å². The fourth-order valence-corrected chi connectivity index (χ4v) is 4.99. The zero-order chi connectivity index (χ0) is 27.2. The number of ether oxygens (including phenoxy) is 2. The van der Waals surface area contributed by atoms with Crippen LogP contribution in [0.15, 0.2) is 71.6 Å². The van der Waals surface area contributed by atoms with E-state index in [0.717, 1.165) is 28.6 Å². The molecule has 1 saturated heterocycles. The molecular weight excluding hydrogens is 524 g/mol. The van der Waals surface area contributed by atoms with Crippen molar-refractivity contribution in [3.8, 4) is 11.5 Å². The maximum absolute atomic E-state index is 12.9. The number of benzene rings is 3. The molecule has 1 heterocycles. The maximum Gasteiger partial charge on any atom is 0.293 e. The largest absolute Gasteiger partial charge is 0.493 e. The summed E-state index contributed by atoms with van der Waals surface area (Å²) in [7, 11) is 1.49. The van der Waals surface area contributed by atoms with Gasteiger partial charge >= 0.3 is 0 Å². The molecule has 3 aromatic rings. The molecule has 38 heavy (non-hydrogen) atoms. The van der Waals surface area contributed by atoms with E-state index in [-0.39, 0.29) is 36.1 Å². The Morgan fingerprint density at radius 1 is 1.05 bits per heavy atom. The highest BCUT2D eigenvalue weighted by Gasteiger charge is 2.35. The van der Waals surface area contributed by atoms with E-state index in [1.54, 1.807) is 42.5 Å². The highest BCUT2D eigenvalue weighted by molar-refractivity contribution is 8.18. The van der Waals surface area contributed by atoms with Crippen molar-refractivity contribution in [3.63, 3.8) is 0 Å². The summed E-state index contributed by atoms with van der Waals surface area (Å²) in [6.45, 7) is 4.06. The number of rotatable bonds is 9. The van der Waals surface area contributed by atoms with E-state index in [9.17, 15) is 14.4 Å². The van der Waals surface area contributed by atoms with Gasteiger partial charge in [-0.3, -0.25) is 19.3 Å². The number of para-hydroxylation sites is 1. The number of amides is 3. The highest BCUT2D eigenvalue weighted by Crippen LogP contribution is 2.35. The molecule has 0 aliphatic carbocycles. The van der Waals surface area contributed by atoms with Crippen molar-refractivity contribution in [3.05, 3.63) is 93.3 Å². The van der Waals surface area contributed by atoms with E-state index in [4.69, 9.17) is 21.1 Å². The summed E-state index contributed by atoms with van der Waals surface area (Å²) in [5.74, 6) is 0.367. The molecule has 4 rings (SSSR count). The zero-order valence-corrected chi connectivity index (χ0v) is 22.8. The summed E-state index contributed by atoms with van der Waals surface area (Å²) in [5.41, 5.74) is 3.21. The molecule has 3 amide bonds. The van der Waals surface area contributed by atoms with Crippen LogP contribution in [0.25, 0.3) is 6.08 Å². The van der Waals surface area contributed by atoms with Gasteiger partial charge in [0, 0.05) is 10.7 Å². The molecular formula is C29H27ClN2O5S. The average molecular weight is 551 g/mol. The van der Waals surface area contributed by atoms with Crippen molar-refractivity contribution in [2.45, 2.75) is 26.3 Å². The van der Waals surface area contributed by atoms with Gasteiger partial charge in [0.25, 0.3) is 17.1 Å². The van der Waals surface area contributed by atoms with Crippen molar-refractivity contribution in [1.82, 2.24) is 4.90 Å². The van der Waals surface area contributed by atoms with Gasteiger partial charge in [-0.05, 0) is 70.8 Å². The molecule has 0 unspecified atom stereocenters. The standard InChI is InChI=1S/C29H27ClN2O5S/c1-18(2)22-9-4-5-10-23(22)31-27(33)17-37-24-12-11-19(14-25(24)36-3)15-26-28(34)32(29(35)38-26)16-20-7-6-8-21(30)13-20/h4-15,18H,16-17H2,1-3H3,(H,31,33)/b26-15-. The number of hydrogen-bond acceptors (Lipinski definition) is 6. The average Bonchev–Trinajstić information content (AvgIpc) is 3.15. The molecule has 7 nitrogen and oxygen atoms in total. The lowest BCUT2D eigenvalue weighted by molar-refractivity contribution is -0.123. The molecule has 0 atom stereocenters. The number of anilines is 1. The predicted molar refractivity (Wildman–Crippen MR) is 151 cm³/mol. The second kappa shape index (κ2) is 12.2. The van der Waals surface area contributed by atoms with E-state index in [1.807, 2.05) is 30.3 Å². The SMILES string of the molecule is COc1cc(/C=C2\SC(=O)N(Cc3cccc(Cl)c3)C2=O)ccc1OCC(=O)Nc1ccccc1C(C)C. The van der Waals surface area contributed by atoms with Gasteiger partial charge in [0.2, 0.25) is 0 Å². The summed E-state index contributed by atoms with van der Waals surface area (Å²) in [4.78, 5) is 39.4. The Kier molecular flexibility index (Phi) is 8.76. The van der Waals surface area contributed by atoms with Crippen LogP contribution in [0.4, 0.5) is 10.5 Å². The number of imide groups is 1. The molecule has 1 N–H and O–H groups in total.